The molecule has 3 aromatic rings. The molecule has 10 nitrogen and oxygen atoms in total. The maximum Gasteiger partial charge on any atom is 0.287 e. The molecule has 3 heterocycles. The van der Waals surface area contributed by atoms with Crippen molar-refractivity contribution < 1.29 is 14.3 Å². The molecule has 2 amide bonds. The molecule has 3 N–H and O–H groups in total. The van der Waals surface area contributed by atoms with E-state index in [4.69, 9.17) is 4.74 Å². The summed E-state index contributed by atoms with van der Waals surface area (Å²) in [5.74, 6) is -0.277. The number of ether oxygens (including phenoxy) is 1. The number of amides is 2. The van der Waals surface area contributed by atoms with E-state index < -0.39 is 11.5 Å². The molecule has 0 radical (unpaired) electrons. The number of benzene rings is 1. The molecular weight excluding hydrogens is 340 g/mol. The third kappa shape index (κ3) is 2.77. The van der Waals surface area contributed by atoms with E-state index in [1.165, 1.54) is 10.9 Å². The van der Waals surface area contributed by atoms with Crippen LogP contribution in [0.4, 0.5) is 5.69 Å². The molecule has 0 fully saturated rings. The second-order valence-electron chi connectivity index (χ2n) is 5.77. The SMILES string of the molecule is Cn1ncc2c(=O)[nH]c(C(=O)NCc3ccc4c(c3)NC(=O)CO4)nc21. The number of carbonyl (C=O) groups is 2. The Kier molecular flexibility index (Phi) is 3.64. The number of aromatic nitrogens is 4. The molecule has 0 spiro atoms. The van der Waals surface area contributed by atoms with Gasteiger partial charge in [-0.3, -0.25) is 19.1 Å². The Morgan fingerprint density at radius 1 is 1.38 bits per heavy atom. The highest BCUT2D eigenvalue weighted by molar-refractivity contribution is 5.95. The van der Waals surface area contributed by atoms with Crippen molar-refractivity contribution in [2.45, 2.75) is 6.54 Å². The van der Waals surface area contributed by atoms with E-state index in [1.54, 1.807) is 25.2 Å². The van der Waals surface area contributed by atoms with Gasteiger partial charge in [0, 0.05) is 13.6 Å². The monoisotopic (exact) mass is 354 g/mol. The molecule has 1 aliphatic heterocycles. The van der Waals surface area contributed by atoms with Crippen LogP contribution in [0.5, 0.6) is 5.75 Å². The molecule has 0 atom stereocenters. The molecule has 0 aliphatic carbocycles. The van der Waals surface area contributed by atoms with Crippen LogP contribution in [0, 0.1) is 0 Å². The number of aryl methyl sites for hydroxylation is 1. The van der Waals surface area contributed by atoms with Crippen LogP contribution in [0.1, 0.15) is 16.2 Å². The van der Waals surface area contributed by atoms with E-state index in [9.17, 15) is 14.4 Å². The molecule has 2 aromatic heterocycles. The van der Waals surface area contributed by atoms with E-state index in [0.29, 0.717) is 22.5 Å². The van der Waals surface area contributed by atoms with Gasteiger partial charge in [-0.25, -0.2) is 4.98 Å². The lowest BCUT2D eigenvalue weighted by Crippen LogP contribution is -2.28. The first-order valence-electron chi connectivity index (χ1n) is 7.77. The van der Waals surface area contributed by atoms with Crippen molar-refractivity contribution in [3.63, 3.8) is 0 Å². The van der Waals surface area contributed by atoms with E-state index in [-0.39, 0.29) is 24.9 Å². The number of hydrogen-bond acceptors (Lipinski definition) is 6. The Labute approximate surface area is 146 Å². The average Bonchev–Trinajstić information content (AvgIpc) is 3.01. The van der Waals surface area contributed by atoms with Crippen LogP contribution in [-0.4, -0.2) is 38.2 Å². The fourth-order valence-corrected chi connectivity index (χ4v) is 2.65. The predicted molar refractivity (Wildman–Crippen MR) is 90.9 cm³/mol. The van der Waals surface area contributed by atoms with E-state index in [2.05, 4.69) is 25.7 Å². The minimum atomic E-state index is -0.525. The zero-order valence-electron chi connectivity index (χ0n) is 13.7. The summed E-state index contributed by atoms with van der Waals surface area (Å²) in [7, 11) is 1.64. The topological polar surface area (TPSA) is 131 Å². The highest BCUT2D eigenvalue weighted by atomic mass is 16.5. The van der Waals surface area contributed by atoms with Crippen LogP contribution < -0.4 is 20.9 Å². The first kappa shape index (κ1) is 15.8. The van der Waals surface area contributed by atoms with Gasteiger partial charge in [-0.05, 0) is 17.7 Å². The summed E-state index contributed by atoms with van der Waals surface area (Å²) >= 11 is 0. The maximum absolute atomic E-state index is 12.3. The summed E-state index contributed by atoms with van der Waals surface area (Å²) in [4.78, 5) is 42.3. The predicted octanol–water partition coefficient (Wildman–Crippen LogP) is -0.0825. The van der Waals surface area contributed by atoms with Gasteiger partial charge in [0.2, 0.25) is 5.82 Å². The van der Waals surface area contributed by atoms with Crippen LogP contribution in [0.15, 0.2) is 29.2 Å². The van der Waals surface area contributed by atoms with Gasteiger partial charge in [-0.2, -0.15) is 5.10 Å². The second-order valence-corrected chi connectivity index (χ2v) is 5.77. The zero-order valence-corrected chi connectivity index (χ0v) is 13.7. The van der Waals surface area contributed by atoms with E-state index in [1.807, 2.05) is 0 Å². The van der Waals surface area contributed by atoms with Crippen molar-refractivity contribution in [2.24, 2.45) is 7.05 Å². The van der Waals surface area contributed by atoms with E-state index in [0.717, 1.165) is 5.56 Å². The number of H-pyrrole nitrogens is 1. The minimum Gasteiger partial charge on any atom is -0.482 e. The van der Waals surface area contributed by atoms with Crippen LogP contribution >= 0.6 is 0 Å². The number of aromatic amines is 1. The molecular formula is C16H14N6O4. The minimum absolute atomic E-state index is 0.0153. The van der Waals surface area contributed by atoms with Gasteiger partial charge in [-0.1, -0.05) is 6.07 Å². The van der Waals surface area contributed by atoms with Crippen LogP contribution in [0.25, 0.3) is 11.0 Å². The molecule has 1 aromatic carbocycles. The summed E-state index contributed by atoms with van der Waals surface area (Å²) in [5.41, 5.74) is 1.21. The Bertz CT molecular complexity index is 1100. The van der Waals surface area contributed by atoms with Crippen LogP contribution in [0.3, 0.4) is 0 Å². The molecule has 0 saturated carbocycles. The summed E-state index contributed by atoms with van der Waals surface area (Å²) in [5, 5.41) is 9.65. The van der Waals surface area contributed by atoms with Crippen molar-refractivity contribution in [2.75, 3.05) is 11.9 Å². The number of hydrogen-bond donors (Lipinski definition) is 3. The van der Waals surface area contributed by atoms with E-state index >= 15 is 0 Å². The second kappa shape index (κ2) is 5.99. The lowest BCUT2D eigenvalue weighted by molar-refractivity contribution is -0.118. The standard InChI is InChI=1S/C16H14N6O4/c1-22-14-9(6-18-22)15(24)21-13(20-14)16(25)17-5-8-2-3-11-10(4-8)19-12(23)7-26-11/h2-4,6H,5,7H2,1H3,(H,17,25)(H,19,23)(H,20,21,24). The first-order chi connectivity index (χ1) is 12.5. The van der Waals surface area contributed by atoms with Gasteiger partial charge in [0.25, 0.3) is 17.4 Å². The van der Waals surface area contributed by atoms with Gasteiger partial charge in [-0.15, -0.1) is 0 Å². The molecule has 4 rings (SSSR count). The molecule has 1 aliphatic rings. The highest BCUT2D eigenvalue weighted by Gasteiger charge is 2.17. The molecule has 26 heavy (non-hydrogen) atoms. The molecule has 0 saturated heterocycles. The first-order valence-corrected chi connectivity index (χ1v) is 7.77. The fraction of sp³-hybridized carbons (Fsp3) is 0.188. The summed E-state index contributed by atoms with van der Waals surface area (Å²) in [6.45, 7) is 0.174. The summed E-state index contributed by atoms with van der Waals surface area (Å²) < 4.78 is 6.71. The fourth-order valence-electron chi connectivity index (χ4n) is 2.65. The van der Waals surface area contributed by atoms with Crippen molar-refractivity contribution >= 4 is 28.5 Å². The third-order valence-corrected chi connectivity index (χ3v) is 3.95. The molecule has 132 valence electrons. The summed E-state index contributed by atoms with van der Waals surface area (Å²) in [6, 6.07) is 5.21. The van der Waals surface area contributed by atoms with Gasteiger partial charge in [0.15, 0.2) is 12.3 Å². The molecule has 0 bridgehead atoms. The Balaban J connectivity index is 1.52. The Morgan fingerprint density at radius 2 is 2.23 bits per heavy atom. The summed E-state index contributed by atoms with van der Waals surface area (Å²) in [6.07, 6.45) is 1.40. The quantitative estimate of drug-likeness (QED) is 0.603. The molecule has 10 heteroatoms. The zero-order chi connectivity index (χ0) is 18.3. The van der Waals surface area contributed by atoms with Gasteiger partial charge < -0.3 is 20.4 Å². The van der Waals surface area contributed by atoms with Crippen molar-refractivity contribution in [3.05, 3.63) is 46.1 Å². The van der Waals surface area contributed by atoms with Gasteiger partial charge in [0.05, 0.1) is 11.9 Å². The van der Waals surface area contributed by atoms with Crippen molar-refractivity contribution in [1.82, 2.24) is 25.1 Å². The Hall–Kier alpha value is -3.69. The number of rotatable bonds is 3. The normalized spacial score (nSPS) is 13.0. The molecule has 0 unspecified atom stereocenters. The smallest absolute Gasteiger partial charge is 0.287 e. The maximum atomic E-state index is 12.3. The van der Waals surface area contributed by atoms with Crippen molar-refractivity contribution in [1.29, 1.82) is 0 Å². The van der Waals surface area contributed by atoms with Crippen LogP contribution in [-0.2, 0) is 18.4 Å². The van der Waals surface area contributed by atoms with Crippen molar-refractivity contribution in [3.8, 4) is 5.75 Å². The van der Waals surface area contributed by atoms with Gasteiger partial charge >= 0.3 is 0 Å². The largest absolute Gasteiger partial charge is 0.482 e. The number of fused-ring (bicyclic) bond motifs is 2. The lowest BCUT2D eigenvalue weighted by Gasteiger charge is -2.18. The lowest BCUT2D eigenvalue weighted by atomic mass is 10.1. The highest BCUT2D eigenvalue weighted by Crippen LogP contribution is 2.28. The number of nitrogens with one attached hydrogen (secondary N) is 3. The third-order valence-electron chi connectivity index (χ3n) is 3.95. The Morgan fingerprint density at radius 3 is 3.08 bits per heavy atom. The van der Waals surface area contributed by atoms with Gasteiger partial charge in [0.1, 0.15) is 11.1 Å². The van der Waals surface area contributed by atoms with Crippen LogP contribution in [0.2, 0.25) is 0 Å². The number of nitrogens with zero attached hydrogens (tertiary/aromatic N) is 3. The average molecular weight is 354 g/mol. The number of anilines is 1. The number of carbonyl (C=O) groups excluding carboxylic acids is 2.